The quantitative estimate of drug-likeness (QED) is 0.777. The maximum atomic E-state index is 13.3. The van der Waals surface area contributed by atoms with Crippen molar-refractivity contribution in [2.24, 2.45) is 17.3 Å². The summed E-state index contributed by atoms with van der Waals surface area (Å²) in [6.07, 6.45) is 13.0. The van der Waals surface area contributed by atoms with Gasteiger partial charge in [-0.25, -0.2) is 0 Å². The molecule has 3 nitrogen and oxygen atoms in total. The topological polar surface area (TPSA) is 32.3 Å². The van der Waals surface area contributed by atoms with Crippen LogP contribution in [-0.2, 0) is 4.79 Å². The molecule has 24 heavy (non-hydrogen) atoms. The second-order valence-corrected chi connectivity index (χ2v) is 10.6. The largest absolute Gasteiger partial charge is 0.354 e. The molecule has 0 spiro atoms. The molecule has 0 heterocycles. The van der Waals surface area contributed by atoms with Crippen LogP contribution in [-0.4, -0.2) is 41.9 Å². The highest BCUT2D eigenvalue weighted by Crippen LogP contribution is 2.63. The van der Waals surface area contributed by atoms with Gasteiger partial charge in [-0.1, -0.05) is 19.3 Å². The van der Waals surface area contributed by atoms with E-state index in [0.717, 1.165) is 38.6 Å². The summed E-state index contributed by atoms with van der Waals surface area (Å²) in [7, 11) is 4.35. The Bertz CT molecular complexity index is 498. The zero-order chi connectivity index (χ0) is 17.0. The molecular weight excluding hydrogens is 320 g/mol. The van der Waals surface area contributed by atoms with Gasteiger partial charge in [-0.2, -0.15) is 0 Å². The van der Waals surface area contributed by atoms with Crippen molar-refractivity contribution in [3.05, 3.63) is 0 Å². The van der Waals surface area contributed by atoms with E-state index in [1.807, 2.05) is 0 Å². The van der Waals surface area contributed by atoms with E-state index >= 15 is 0 Å². The van der Waals surface area contributed by atoms with E-state index < -0.39 is 0 Å². The molecular formula is C20H33ClN2O. The van der Waals surface area contributed by atoms with Crippen molar-refractivity contribution in [1.82, 2.24) is 10.2 Å². The number of alkyl halides is 1. The van der Waals surface area contributed by atoms with Gasteiger partial charge in [-0.3, -0.25) is 4.79 Å². The van der Waals surface area contributed by atoms with Crippen molar-refractivity contribution in [2.45, 2.75) is 81.0 Å². The fraction of sp³-hybridized carbons (Fsp3) is 0.950. The van der Waals surface area contributed by atoms with Gasteiger partial charge in [0, 0.05) is 17.0 Å². The van der Waals surface area contributed by atoms with Crippen LogP contribution in [0.5, 0.6) is 0 Å². The number of nitrogens with zero attached hydrogens (tertiary/aromatic N) is 1. The molecule has 5 aliphatic carbocycles. The van der Waals surface area contributed by atoms with Gasteiger partial charge in [0.05, 0.1) is 5.41 Å². The van der Waals surface area contributed by atoms with Gasteiger partial charge in [0.1, 0.15) is 0 Å². The number of hydrogen-bond donors (Lipinski definition) is 1. The Morgan fingerprint density at radius 2 is 1.71 bits per heavy atom. The van der Waals surface area contributed by atoms with Gasteiger partial charge in [0.2, 0.25) is 5.91 Å². The van der Waals surface area contributed by atoms with Crippen molar-refractivity contribution in [2.75, 3.05) is 20.6 Å². The Morgan fingerprint density at radius 3 is 2.25 bits per heavy atom. The van der Waals surface area contributed by atoms with Crippen LogP contribution in [0.15, 0.2) is 0 Å². The Labute approximate surface area is 151 Å². The van der Waals surface area contributed by atoms with E-state index in [1.54, 1.807) is 0 Å². The zero-order valence-corrected chi connectivity index (χ0v) is 16.1. The first kappa shape index (κ1) is 17.1. The van der Waals surface area contributed by atoms with Gasteiger partial charge < -0.3 is 10.2 Å². The predicted molar refractivity (Wildman–Crippen MR) is 98.2 cm³/mol. The fourth-order valence-corrected chi connectivity index (χ4v) is 7.53. The third kappa shape index (κ3) is 2.80. The highest BCUT2D eigenvalue weighted by molar-refractivity contribution is 6.24. The number of amides is 1. The highest BCUT2D eigenvalue weighted by Gasteiger charge is 2.60. The smallest absolute Gasteiger partial charge is 0.226 e. The van der Waals surface area contributed by atoms with Gasteiger partial charge in [0.15, 0.2) is 0 Å². The second kappa shape index (κ2) is 5.87. The van der Waals surface area contributed by atoms with Crippen molar-refractivity contribution in [1.29, 1.82) is 0 Å². The van der Waals surface area contributed by atoms with E-state index in [4.69, 9.17) is 11.6 Å². The number of hydrogen-bond acceptors (Lipinski definition) is 2. The summed E-state index contributed by atoms with van der Waals surface area (Å²) in [5.41, 5.74) is 0.00284. The van der Waals surface area contributed by atoms with E-state index in [9.17, 15) is 4.79 Å². The maximum Gasteiger partial charge on any atom is 0.226 e. The van der Waals surface area contributed by atoms with E-state index in [1.165, 1.54) is 38.5 Å². The monoisotopic (exact) mass is 352 g/mol. The number of nitrogens with one attached hydrogen (secondary N) is 1. The average molecular weight is 353 g/mol. The molecule has 0 saturated heterocycles. The molecule has 0 aromatic carbocycles. The lowest BCUT2D eigenvalue weighted by Gasteiger charge is -2.59. The normalized spacial score (nSPS) is 43.2. The van der Waals surface area contributed by atoms with E-state index in [-0.39, 0.29) is 15.8 Å². The molecule has 4 heteroatoms. The maximum absolute atomic E-state index is 13.3. The molecule has 5 fully saturated rings. The lowest BCUT2D eigenvalue weighted by atomic mass is 9.49. The van der Waals surface area contributed by atoms with Crippen LogP contribution in [0.3, 0.4) is 0 Å². The molecule has 1 amide bonds. The van der Waals surface area contributed by atoms with Crippen LogP contribution in [0.25, 0.3) is 0 Å². The van der Waals surface area contributed by atoms with E-state index in [2.05, 4.69) is 24.3 Å². The molecule has 5 saturated carbocycles. The minimum atomic E-state index is -0.159. The van der Waals surface area contributed by atoms with Crippen molar-refractivity contribution in [3.8, 4) is 0 Å². The van der Waals surface area contributed by atoms with Crippen LogP contribution < -0.4 is 5.32 Å². The third-order valence-electron chi connectivity index (χ3n) is 7.78. The minimum Gasteiger partial charge on any atom is -0.354 e. The number of rotatable bonds is 4. The third-order valence-corrected chi connectivity index (χ3v) is 8.22. The lowest BCUT2D eigenvalue weighted by molar-refractivity contribution is -0.145. The Balaban J connectivity index is 1.46. The Kier molecular flexibility index (Phi) is 4.20. The van der Waals surface area contributed by atoms with Crippen LogP contribution >= 0.6 is 11.6 Å². The van der Waals surface area contributed by atoms with Gasteiger partial charge in [-0.15, -0.1) is 11.6 Å². The summed E-state index contributed by atoms with van der Waals surface area (Å²) in [5, 5.41) is 3.41. The second-order valence-electron chi connectivity index (χ2n) is 9.75. The van der Waals surface area contributed by atoms with Crippen molar-refractivity contribution >= 4 is 17.5 Å². The van der Waals surface area contributed by atoms with Crippen LogP contribution in [0.2, 0.25) is 0 Å². The molecule has 4 bridgehead atoms. The van der Waals surface area contributed by atoms with Gasteiger partial charge in [0.25, 0.3) is 0 Å². The zero-order valence-electron chi connectivity index (χ0n) is 15.4. The molecule has 0 aromatic heterocycles. The molecule has 0 unspecified atom stereocenters. The minimum absolute atomic E-state index is 0.0779. The van der Waals surface area contributed by atoms with Crippen LogP contribution in [0, 0.1) is 17.3 Å². The van der Waals surface area contributed by atoms with E-state index in [0.29, 0.717) is 17.7 Å². The first-order valence-corrected chi connectivity index (χ1v) is 10.4. The fourth-order valence-electron chi connectivity index (χ4n) is 6.84. The Hall–Kier alpha value is -0.280. The number of carbonyl (C=O) groups excluding carboxylic acids is 1. The summed E-state index contributed by atoms with van der Waals surface area (Å²) >= 11 is 6.90. The summed E-state index contributed by atoms with van der Waals surface area (Å²) in [6.45, 7) is 0.811. The molecule has 0 aliphatic heterocycles. The van der Waals surface area contributed by atoms with Crippen LogP contribution in [0.4, 0.5) is 0 Å². The first-order chi connectivity index (χ1) is 11.3. The molecule has 5 rings (SSSR count). The standard InChI is InChI=1S/C20H33ClN2O/c1-23(2)20(6-4-3-5-7-20)14-22-17(24)18-9-15-8-16(10-18)12-19(21,11-15)13-18/h15-16H,3-14H2,1-2H3,(H,22,24)/t15-,16-,18?,19?/m0/s1. The highest BCUT2D eigenvalue weighted by atomic mass is 35.5. The molecule has 136 valence electrons. The molecule has 1 N–H and O–H groups in total. The summed E-state index contributed by atoms with van der Waals surface area (Å²) in [6, 6.07) is 0. The number of halogens is 1. The summed E-state index contributed by atoms with van der Waals surface area (Å²) in [4.78, 5) is 15.5. The van der Waals surface area contributed by atoms with Crippen molar-refractivity contribution < 1.29 is 4.79 Å². The SMILES string of the molecule is CN(C)C1(CNC(=O)C23C[C@@H]4C[C@H](CC(Cl)(C4)C2)C3)CCCCC1. The summed E-state index contributed by atoms with van der Waals surface area (Å²) in [5.74, 6) is 1.69. The van der Waals surface area contributed by atoms with Gasteiger partial charge >= 0.3 is 0 Å². The summed E-state index contributed by atoms with van der Waals surface area (Å²) < 4.78 is 0. The first-order valence-electron chi connectivity index (χ1n) is 10.00. The molecule has 0 aromatic rings. The predicted octanol–water partition coefficient (Wildman–Crippen LogP) is 3.94. The average Bonchev–Trinajstić information content (AvgIpc) is 2.51. The van der Waals surface area contributed by atoms with Crippen molar-refractivity contribution in [3.63, 3.8) is 0 Å². The van der Waals surface area contributed by atoms with Crippen LogP contribution in [0.1, 0.15) is 70.6 Å². The lowest BCUT2D eigenvalue weighted by Crippen LogP contribution is -2.61. The number of carbonyl (C=O) groups is 1. The molecule has 5 aliphatic rings. The number of likely N-dealkylation sites (N-methyl/N-ethyl adjacent to an activating group) is 1. The molecule has 0 radical (unpaired) electrons. The molecule has 2 atom stereocenters. The Morgan fingerprint density at radius 1 is 1.08 bits per heavy atom. The van der Waals surface area contributed by atoms with Gasteiger partial charge in [-0.05, 0) is 77.3 Å².